The first-order valence-electron chi connectivity index (χ1n) is 12.4. The van der Waals surface area contributed by atoms with Crippen molar-refractivity contribution in [1.29, 1.82) is 0 Å². The maximum absolute atomic E-state index is 11.7. The zero-order valence-electron chi connectivity index (χ0n) is 25.4. The molecule has 0 saturated heterocycles. The summed E-state index contributed by atoms with van der Waals surface area (Å²) in [6, 6.07) is 20.1. The molecule has 0 bridgehead atoms. The normalized spacial score (nSPS) is 14.7. The van der Waals surface area contributed by atoms with E-state index in [4.69, 9.17) is 21.3 Å². The molecular weight excluding hydrogens is 625 g/mol. The third kappa shape index (κ3) is 18.6. The fourth-order valence-corrected chi connectivity index (χ4v) is 3.67. The first-order valence-corrected chi connectivity index (χ1v) is 12.9. The third-order valence-corrected chi connectivity index (χ3v) is 6.82. The summed E-state index contributed by atoms with van der Waals surface area (Å²) in [5, 5.41) is 17.9. The molecule has 2 aliphatic carbocycles. The zero-order chi connectivity index (χ0) is 28.9. The average molecular weight is 665 g/mol. The van der Waals surface area contributed by atoms with Crippen LogP contribution in [0.15, 0.2) is 60.7 Å². The quantitative estimate of drug-likeness (QED) is 0.115. The summed E-state index contributed by atoms with van der Waals surface area (Å²) in [5.74, 6) is -0.679. The minimum Gasteiger partial charge on any atom is -1.00 e. The van der Waals surface area contributed by atoms with Gasteiger partial charge in [0.1, 0.15) is 6.61 Å². The van der Waals surface area contributed by atoms with E-state index < -0.39 is 13.1 Å². The molecule has 2 fully saturated rings. The second kappa shape index (κ2) is 26.1. The summed E-state index contributed by atoms with van der Waals surface area (Å²) >= 11 is 3.36. The predicted octanol–water partition coefficient (Wildman–Crippen LogP) is -0.0964. The van der Waals surface area contributed by atoms with Gasteiger partial charge < -0.3 is 21.4 Å². The van der Waals surface area contributed by atoms with Gasteiger partial charge in [0, 0.05) is 5.33 Å². The molecule has 1 N–H and O–H groups in total. The number of halogens is 2. The molecule has 2 saturated carbocycles. The fraction of sp³-hybridized carbons (Fsp3) is 0.464. The summed E-state index contributed by atoms with van der Waals surface area (Å²) in [6.07, 6.45) is 5.91. The standard InChI is InChI=1S/C13H16O2.C7H7Br.C6H10O2.CH3F.CH2O3.2K.H/c1-13(8-5-9-13)12(14)15-10-11-6-3-2-4-7-11;8-6-7-4-2-1-3-5-7;1-6(5(7)8)3-2-4-6;1-2;2-1-4-3;;;/h2-4,6-7H,5,8-10H2,1H3;1-5H,6H2;2-4H2,1H3,(H,7,8);1H3;1,3H;;;/q;;;;;2*+1;-1/p-1/i;;;1D;;;;. The minimum absolute atomic E-state index is 0. The Bertz CT molecular complexity index is 924. The molecule has 0 aromatic heterocycles. The van der Waals surface area contributed by atoms with Crippen molar-refractivity contribution in [3.63, 3.8) is 0 Å². The largest absolute Gasteiger partial charge is 1.00 e. The second-order valence-corrected chi connectivity index (χ2v) is 9.57. The number of carbonyl (C=O) groups excluding carboxylic acids is 2. The van der Waals surface area contributed by atoms with Gasteiger partial charge >= 0.3 is 115 Å². The van der Waals surface area contributed by atoms with Crippen LogP contribution in [0.5, 0.6) is 0 Å². The molecule has 4 rings (SSSR count). The summed E-state index contributed by atoms with van der Waals surface area (Å²) in [5.41, 5.74) is 1.82. The SMILES string of the molecule is BrCc1ccccc1.CC1(C(=O)O)CCC1.CC1(C(=O)OCc2ccccc2)CCC1.O=CO[O-].[2H]CF.[H-].[K+].[K+]. The molecule has 2 aromatic carbocycles. The first-order chi connectivity index (χ1) is 18.1. The van der Waals surface area contributed by atoms with Crippen molar-refractivity contribution in [2.24, 2.45) is 10.8 Å². The van der Waals surface area contributed by atoms with Gasteiger partial charge in [0.25, 0.3) is 6.47 Å². The van der Waals surface area contributed by atoms with Crippen molar-refractivity contribution < 1.29 is 144 Å². The van der Waals surface area contributed by atoms with Gasteiger partial charge in [-0.25, -0.2) is 0 Å². The van der Waals surface area contributed by atoms with Crippen molar-refractivity contribution in [1.82, 2.24) is 0 Å². The molecule has 0 amide bonds. The molecule has 11 heteroatoms. The van der Waals surface area contributed by atoms with Gasteiger partial charge in [-0.05, 0) is 50.7 Å². The van der Waals surface area contributed by atoms with Crippen LogP contribution < -0.4 is 108 Å². The molecule has 2 aromatic rings. The maximum Gasteiger partial charge on any atom is 1.00 e. The van der Waals surface area contributed by atoms with Crippen LogP contribution in [0.2, 0.25) is 0 Å². The number of alkyl halides is 2. The fourth-order valence-electron chi connectivity index (χ4n) is 3.30. The molecule has 2 aliphatic rings. The van der Waals surface area contributed by atoms with E-state index in [1.165, 1.54) is 5.56 Å². The molecule has 0 atom stereocenters. The number of carboxylic acid groups (broad SMARTS) is 1. The van der Waals surface area contributed by atoms with Gasteiger partial charge in [0.2, 0.25) is 0 Å². The van der Waals surface area contributed by atoms with Gasteiger partial charge in [-0.1, -0.05) is 89.4 Å². The zero-order valence-corrected chi connectivity index (χ0v) is 31.2. The van der Waals surface area contributed by atoms with Gasteiger partial charge in [-0.2, -0.15) is 0 Å². The summed E-state index contributed by atoms with van der Waals surface area (Å²) in [6.45, 7) is 4.01. The van der Waals surface area contributed by atoms with Gasteiger partial charge in [0.15, 0.2) is 0 Å². The van der Waals surface area contributed by atoms with E-state index in [1.54, 1.807) is 6.92 Å². The summed E-state index contributed by atoms with van der Waals surface area (Å²) in [7, 11) is -1.00. The average Bonchev–Trinajstić information content (AvgIpc) is 2.91. The van der Waals surface area contributed by atoms with Gasteiger partial charge in [-0.3, -0.25) is 18.8 Å². The molecular formula is C28H38BrFK2O7. The maximum atomic E-state index is 11.7. The van der Waals surface area contributed by atoms with E-state index in [9.17, 15) is 14.0 Å². The van der Waals surface area contributed by atoms with E-state index >= 15 is 0 Å². The Hall–Kier alpha value is 0.493. The third-order valence-electron chi connectivity index (χ3n) is 6.17. The van der Waals surface area contributed by atoms with E-state index in [1.807, 2.05) is 55.5 Å². The Morgan fingerprint density at radius 3 is 1.62 bits per heavy atom. The molecule has 7 nitrogen and oxygen atoms in total. The van der Waals surface area contributed by atoms with Crippen LogP contribution in [-0.4, -0.2) is 30.7 Å². The first kappa shape index (κ1) is 41.6. The van der Waals surface area contributed by atoms with Gasteiger partial charge in [0.05, 0.1) is 19.4 Å². The van der Waals surface area contributed by atoms with E-state index in [0.29, 0.717) is 6.61 Å². The van der Waals surface area contributed by atoms with Crippen molar-refractivity contribution in [3.8, 4) is 0 Å². The number of rotatable bonds is 6. The Balaban J connectivity index is -0.000000228. The molecule has 0 radical (unpaired) electrons. The number of hydrogen-bond acceptors (Lipinski definition) is 6. The molecule has 0 unspecified atom stereocenters. The number of carbonyl (C=O) groups is 3. The summed E-state index contributed by atoms with van der Waals surface area (Å²) < 4.78 is 20.8. The van der Waals surface area contributed by atoms with Crippen LogP contribution in [0.3, 0.4) is 0 Å². The second-order valence-electron chi connectivity index (χ2n) is 9.01. The van der Waals surface area contributed by atoms with Crippen molar-refractivity contribution in [3.05, 3.63) is 71.8 Å². The number of aliphatic carboxylic acids is 1. The molecule has 208 valence electrons. The number of hydrogen-bond donors (Lipinski definition) is 1. The van der Waals surface area contributed by atoms with Crippen LogP contribution in [0.25, 0.3) is 0 Å². The molecule has 0 spiro atoms. The number of ether oxygens (including phenoxy) is 1. The Kier molecular flexibility index (Phi) is 27.9. The van der Waals surface area contributed by atoms with Crippen LogP contribution in [0.4, 0.5) is 4.39 Å². The van der Waals surface area contributed by atoms with E-state index in [0.717, 1.165) is 49.4 Å². The number of esters is 1. The minimum atomic E-state index is -1.00. The van der Waals surface area contributed by atoms with Crippen LogP contribution >= 0.6 is 15.9 Å². The van der Waals surface area contributed by atoms with Crippen molar-refractivity contribution in [2.45, 2.75) is 64.3 Å². The molecule has 0 heterocycles. The Morgan fingerprint density at radius 2 is 1.38 bits per heavy atom. The Morgan fingerprint density at radius 1 is 1.00 bits per heavy atom. The van der Waals surface area contributed by atoms with Crippen LogP contribution in [0, 0.1) is 10.8 Å². The monoisotopic (exact) mass is 663 g/mol. The smallest absolute Gasteiger partial charge is 1.00 e. The number of carboxylic acids is 1. The predicted molar refractivity (Wildman–Crippen MR) is 142 cm³/mol. The van der Waals surface area contributed by atoms with Crippen molar-refractivity contribution in [2.75, 3.05) is 7.15 Å². The Labute approximate surface area is 327 Å². The van der Waals surface area contributed by atoms with Crippen molar-refractivity contribution >= 4 is 34.3 Å². The molecule has 0 aliphatic heterocycles. The van der Waals surface area contributed by atoms with Gasteiger partial charge in [-0.15, -0.1) is 0 Å². The van der Waals surface area contributed by atoms with E-state index in [2.05, 4.69) is 33.0 Å². The summed E-state index contributed by atoms with van der Waals surface area (Å²) in [4.78, 5) is 33.3. The molecule has 39 heavy (non-hydrogen) atoms. The van der Waals surface area contributed by atoms with Crippen LogP contribution in [-0.2, 0) is 35.9 Å². The number of benzene rings is 2. The topological polar surface area (TPSA) is 113 Å². The van der Waals surface area contributed by atoms with Crippen LogP contribution in [0.1, 0.15) is 66.3 Å². The van der Waals surface area contributed by atoms with E-state index in [-0.39, 0.29) is 127 Å².